The Bertz CT molecular complexity index is 2910. The number of carbonyl (C=O) groups is 1. The molecular formula is C45H53KN17O5-. The number of hydrogen-bond donors (Lipinski definition) is 3. The summed E-state index contributed by atoms with van der Waals surface area (Å²) in [5.74, 6) is 4.25. The molecule has 0 radical (unpaired) electrons. The standard InChI is InChI=1S/C23H26N8O2.C15H17N7.C7H9N2O2.K.H2O/c1-14-12-16(19-24-13-25-22(27-19)26-18-10-11-31(5)29-18)7-6-15(14)8-9-17(32)20-28-21(30-33-20)23(2,3)4;1-10-7-11(3-4-12(10)8-16)14-17-9-18-15(20-14)19-13-5-6-22(2)21-13;1-7(2,3)6-8-5(4-10)11-9-6;;/h6-7,10-13H,8-9H2,1-5H3,(H,24,25,26,27,29);3-7,9H,8,16H2,1-2H3,(H,17,18,19,20,21);1-3H3;;1H2/q;;-1;+1;/p-1. The molecule has 0 saturated carbocycles. The number of aromatic nitrogens is 14. The number of anilines is 4. The number of carbonyl (C=O) groups excluding carboxylic acids is 2. The molecular weight excluding hydrogens is 898 g/mol. The average molecular weight is 951 g/mol. The quantitative estimate of drug-likeness (QED) is 0.0899. The molecule has 0 fully saturated rings. The monoisotopic (exact) mass is 950 g/mol. The summed E-state index contributed by atoms with van der Waals surface area (Å²) in [6.07, 6.45) is 9.02. The number of aryl methyl sites for hydroxylation is 5. The minimum absolute atomic E-state index is 0. The zero-order valence-corrected chi connectivity index (χ0v) is 43.1. The first kappa shape index (κ1) is 54.3. The molecule has 6 aromatic heterocycles. The normalized spacial score (nSPS) is 10.9. The van der Waals surface area contributed by atoms with Crippen molar-refractivity contribution >= 4 is 35.6 Å². The van der Waals surface area contributed by atoms with Crippen molar-refractivity contribution < 1.29 is 75.5 Å². The van der Waals surface area contributed by atoms with Gasteiger partial charge in [-0.1, -0.05) is 76.1 Å². The van der Waals surface area contributed by atoms with Crippen molar-refractivity contribution in [3.05, 3.63) is 119 Å². The Morgan fingerprint density at radius 1 is 0.691 bits per heavy atom. The van der Waals surface area contributed by atoms with E-state index in [1.807, 2.05) is 130 Å². The maximum Gasteiger partial charge on any atom is 1.00 e. The van der Waals surface area contributed by atoms with Crippen LogP contribution >= 0.6 is 0 Å². The molecule has 0 amide bonds. The van der Waals surface area contributed by atoms with Gasteiger partial charge in [0.2, 0.25) is 17.7 Å². The van der Waals surface area contributed by atoms with Crippen molar-refractivity contribution in [1.29, 1.82) is 0 Å². The molecule has 8 rings (SSSR count). The molecule has 0 bridgehead atoms. The van der Waals surface area contributed by atoms with Crippen molar-refractivity contribution in [3.63, 3.8) is 0 Å². The first-order chi connectivity index (χ1) is 31.4. The van der Waals surface area contributed by atoms with Crippen molar-refractivity contribution in [1.82, 2.24) is 69.7 Å². The summed E-state index contributed by atoms with van der Waals surface area (Å²) in [5.41, 5.74) is 11.4. The van der Waals surface area contributed by atoms with E-state index in [2.05, 4.69) is 75.5 Å². The predicted octanol–water partition coefficient (Wildman–Crippen LogP) is 3.26. The largest absolute Gasteiger partial charge is 1.00 e. The molecule has 6 heterocycles. The summed E-state index contributed by atoms with van der Waals surface area (Å²) in [7, 11) is 3.69. The van der Waals surface area contributed by atoms with Gasteiger partial charge in [-0.2, -0.15) is 31.4 Å². The van der Waals surface area contributed by atoms with E-state index in [1.54, 1.807) is 9.36 Å². The first-order valence-electron chi connectivity index (χ1n) is 20.8. The number of hydrogen-bond acceptors (Lipinski definition) is 20. The molecule has 0 aliphatic heterocycles. The van der Waals surface area contributed by atoms with E-state index in [1.165, 1.54) is 18.9 Å². The average Bonchev–Trinajstić information content (AvgIpc) is 4.12. The van der Waals surface area contributed by atoms with E-state index in [4.69, 9.17) is 10.3 Å². The van der Waals surface area contributed by atoms with Gasteiger partial charge in [-0.15, -0.1) is 0 Å². The summed E-state index contributed by atoms with van der Waals surface area (Å²) in [5, 5.41) is 22.2. The van der Waals surface area contributed by atoms with E-state index in [9.17, 15) is 9.59 Å². The number of rotatable bonds is 12. The predicted molar refractivity (Wildman–Crippen MR) is 246 cm³/mol. The van der Waals surface area contributed by atoms with Gasteiger partial charge >= 0.3 is 51.4 Å². The van der Waals surface area contributed by atoms with E-state index in [-0.39, 0.29) is 91.7 Å². The summed E-state index contributed by atoms with van der Waals surface area (Å²) in [6, 6.07) is 15.6. The van der Waals surface area contributed by atoms with Gasteiger partial charge in [-0.3, -0.25) is 14.2 Å². The molecule has 5 N–H and O–H groups in total. The van der Waals surface area contributed by atoms with Crippen LogP contribution in [-0.4, -0.2) is 87.3 Å². The second kappa shape index (κ2) is 24.1. The van der Waals surface area contributed by atoms with Crippen LogP contribution in [0.25, 0.3) is 22.8 Å². The fraction of sp³-hybridized carbons (Fsp3) is 0.333. The Hall–Kier alpha value is -6.34. The third-order valence-corrected chi connectivity index (χ3v) is 9.61. The van der Waals surface area contributed by atoms with Gasteiger partial charge in [0.1, 0.15) is 18.5 Å². The molecule has 22 nitrogen and oxygen atoms in total. The van der Waals surface area contributed by atoms with Crippen LogP contribution in [0.5, 0.6) is 0 Å². The summed E-state index contributed by atoms with van der Waals surface area (Å²) < 4.78 is 13.1. The second-order valence-electron chi connectivity index (χ2n) is 17.1. The number of Topliss-reactive ketones (excluding diaryl/α,β-unsaturated/α-hetero) is 1. The fourth-order valence-electron chi connectivity index (χ4n) is 5.93. The SMILES string of the molecule is CC(C)(C)c1noc([C-]=O)n1.Cc1cc(-c2ncnc(Nc3ccn(C)n3)n2)ccc1CCC(=O)c1nc(C(C)(C)C)no1.Cc1cc(-c2ncnc(Nc3ccn(C)n3)n2)ccc1CN.[K+].[OH-]. The summed E-state index contributed by atoms with van der Waals surface area (Å²) in [4.78, 5) is 56.3. The molecule has 0 atom stereocenters. The molecule has 0 unspecified atom stereocenters. The summed E-state index contributed by atoms with van der Waals surface area (Å²) in [6.45, 7) is 16.3. The Morgan fingerprint density at radius 3 is 1.57 bits per heavy atom. The van der Waals surface area contributed by atoms with Crippen LogP contribution in [0.15, 0.2) is 82.6 Å². The molecule has 0 saturated heterocycles. The Kier molecular flexibility index (Phi) is 19.2. The number of nitrogens with one attached hydrogen (secondary N) is 2. The molecule has 0 aliphatic rings. The van der Waals surface area contributed by atoms with Gasteiger partial charge in [0, 0.05) is 73.5 Å². The van der Waals surface area contributed by atoms with Crippen molar-refractivity contribution in [2.45, 2.75) is 85.6 Å². The third-order valence-electron chi connectivity index (χ3n) is 9.61. The molecule has 23 heteroatoms. The van der Waals surface area contributed by atoms with E-state index in [0.29, 0.717) is 59.8 Å². The smallest absolute Gasteiger partial charge is 0.870 e. The zero-order chi connectivity index (χ0) is 47.6. The van der Waals surface area contributed by atoms with Crippen molar-refractivity contribution in [2.24, 2.45) is 19.8 Å². The minimum Gasteiger partial charge on any atom is -0.870 e. The zero-order valence-electron chi connectivity index (χ0n) is 40.0. The van der Waals surface area contributed by atoms with Crippen LogP contribution in [0.1, 0.15) is 98.4 Å². The molecule has 0 aliphatic carbocycles. The molecule has 350 valence electrons. The van der Waals surface area contributed by atoms with Gasteiger partial charge in [0.15, 0.2) is 34.9 Å². The number of benzene rings is 2. The van der Waals surface area contributed by atoms with Gasteiger partial charge in [-0.05, 0) is 54.7 Å². The fourth-order valence-corrected chi connectivity index (χ4v) is 5.93. The molecule has 68 heavy (non-hydrogen) atoms. The Labute approximate surface area is 435 Å². The van der Waals surface area contributed by atoms with E-state index in [0.717, 1.165) is 33.4 Å². The maximum atomic E-state index is 12.5. The minimum atomic E-state index is -0.267. The molecule has 0 spiro atoms. The van der Waals surface area contributed by atoms with Crippen LogP contribution < -0.4 is 67.8 Å². The molecule has 8 aromatic rings. The van der Waals surface area contributed by atoms with Crippen LogP contribution in [0.2, 0.25) is 0 Å². The number of nitrogens with two attached hydrogens (primary N) is 1. The molecule has 2 aromatic carbocycles. The van der Waals surface area contributed by atoms with Crippen LogP contribution in [0.3, 0.4) is 0 Å². The Morgan fingerprint density at radius 2 is 1.18 bits per heavy atom. The Balaban J connectivity index is 0.000000248. The van der Waals surface area contributed by atoms with Gasteiger partial charge in [0.05, 0.1) is 0 Å². The topological polar surface area (TPSA) is 305 Å². The second-order valence-corrected chi connectivity index (χ2v) is 17.1. The third kappa shape index (κ3) is 15.1. The number of ketones is 1. The van der Waals surface area contributed by atoms with E-state index < -0.39 is 0 Å². The van der Waals surface area contributed by atoms with Crippen LogP contribution in [0, 0.1) is 13.8 Å². The van der Waals surface area contributed by atoms with Gasteiger partial charge in [0.25, 0.3) is 5.89 Å². The van der Waals surface area contributed by atoms with E-state index >= 15 is 0 Å². The number of nitrogens with zero attached hydrogens (tertiary/aromatic N) is 14. The van der Waals surface area contributed by atoms with Gasteiger partial charge < -0.3 is 35.7 Å². The van der Waals surface area contributed by atoms with Gasteiger partial charge in [-0.25, -0.2) is 24.9 Å². The first-order valence-corrected chi connectivity index (χ1v) is 20.8. The maximum absolute atomic E-state index is 12.5. The van der Waals surface area contributed by atoms with Crippen molar-refractivity contribution in [2.75, 3.05) is 10.6 Å². The van der Waals surface area contributed by atoms with Crippen LogP contribution in [-0.2, 0) is 42.7 Å². The van der Waals surface area contributed by atoms with Crippen molar-refractivity contribution in [3.8, 4) is 22.8 Å². The van der Waals surface area contributed by atoms with Crippen LogP contribution in [0.4, 0.5) is 23.5 Å². The summed E-state index contributed by atoms with van der Waals surface area (Å²) >= 11 is 0.